The zero-order chi connectivity index (χ0) is 19.0. The number of carbonyl (C=O) groups is 1. The normalized spacial score (nSPS) is 19.8. The van der Waals surface area contributed by atoms with Crippen LogP contribution in [0.1, 0.15) is 39.8 Å². The Kier molecular flexibility index (Phi) is 7.94. The Morgan fingerprint density at radius 1 is 1.52 bits per heavy atom. The van der Waals surface area contributed by atoms with Gasteiger partial charge in [-0.25, -0.2) is 4.79 Å². The van der Waals surface area contributed by atoms with Crippen molar-refractivity contribution < 1.29 is 28.9 Å². The summed E-state index contributed by atoms with van der Waals surface area (Å²) in [5.74, 6) is -0.202. The first kappa shape index (κ1) is 21.0. The lowest BCUT2D eigenvalue weighted by Gasteiger charge is -2.19. The molecule has 1 aromatic heterocycles. The van der Waals surface area contributed by atoms with Crippen LogP contribution in [0, 0.1) is 5.41 Å². The second-order valence-corrected chi connectivity index (χ2v) is 6.41. The Morgan fingerprint density at radius 2 is 2.16 bits per heavy atom. The largest absolute Gasteiger partial charge is 0.463 e. The van der Waals surface area contributed by atoms with E-state index in [-0.39, 0.29) is 24.5 Å². The minimum absolute atomic E-state index is 0.0786. The Bertz CT molecular complexity index is 616. The first-order valence-electron chi connectivity index (χ1n) is 7.69. The molecule has 25 heavy (non-hydrogen) atoms. The van der Waals surface area contributed by atoms with Gasteiger partial charge in [0.05, 0.1) is 18.6 Å². The van der Waals surface area contributed by atoms with Crippen LogP contribution in [0.15, 0.2) is 17.1 Å². The number of hydrogen-bond acceptors (Lipinski definition) is 8. The standard InChI is InChI=1S/C14H21N3O5.CH3FO/c1-14(2,3)12(18)21-8-9-4-5-11(22-9)17-7-6-10(16-20)15-13(17)19;1-3-2/h6-7,9,11,20H,4-5,8H2,1-3H3,(H,15,16,19);1H3. The van der Waals surface area contributed by atoms with Crippen LogP contribution in [0.3, 0.4) is 0 Å². The highest BCUT2D eigenvalue weighted by atomic mass is 19.3. The van der Waals surface area contributed by atoms with Crippen molar-refractivity contribution >= 4 is 11.8 Å². The maximum atomic E-state index is 11.8. The summed E-state index contributed by atoms with van der Waals surface area (Å²) in [5, 5.41) is 8.71. The lowest BCUT2D eigenvalue weighted by atomic mass is 9.97. The number of esters is 1. The fourth-order valence-electron chi connectivity index (χ4n) is 2.09. The second-order valence-electron chi connectivity index (χ2n) is 6.41. The zero-order valence-corrected chi connectivity index (χ0v) is 14.7. The Balaban J connectivity index is 0.000000970. The van der Waals surface area contributed by atoms with E-state index in [2.05, 4.69) is 9.93 Å². The molecular formula is C15H24FN3O6. The lowest BCUT2D eigenvalue weighted by Crippen LogP contribution is -2.29. The van der Waals surface area contributed by atoms with Crippen LogP contribution in [0.4, 0.5) is 10.3 Å². The topological polar surface area (TPSA) is 112 Å². The fraction of sp³-hybridized carbons (Fsp3) is 0.667. The molecule has 142 valence electrons. The van der Waals surface area contributed by atoms with Crippen LogP contribution in [-0.2, 0) is 19.2 Å². The minimum Gasteiger partial charge on any atom is -0.463 e. The first-order valence-corrected chi connectivity index (χ1v) is 7.69. The van der Waals surface area contributed by atoms with E-state index in [0.29, 0.717) is 12.8 Å². The predicted octanol–water partition coefficient (Wildman–Crippen LogP) is 1.83. The van der Waals surface area contributed by atoms with Crippen LogP contribution in [-0.4, -0.2) is 40.5 Å². The lowest BCUT2D eigenvalue weighted by molar-refractivity contribution is -0.157. The molecule has 9 nitrogen and oxygen atoms in total. The van der Waals surface area contributed by atoms with Crippen molar-refractivity contribution in [2.45, 2.75) is 45.9 Å². The van der Waals surface area contributed by atoms with E-state index >= 15 is 0 Å². The molecule has 1 aliphatic heterocycles. The number of anilines is 1. The van der Waals surface area contributed by atoms with Crippen LogP contribution in [0.5, 0.6) is 0 Å². The fourth-order valence-corrected chi connectivity index (χ4v) is 2.09. The average molecular weight is 361 g/mol. The molecular weight excluding hydrogens is 337 g/mol. The summed E-state index contributed by atoms with van der Waals surface area (Å²) in [6.45, 7) is 5.53. The van der Waals surface area contributed by atoms with Gasteiger partial charge in [-0.3, -0.25) is 20.0 Å². The molecule has 0 spiro atoms. The van der Waals surface area contributed by atoms with Gasteiger partial charge in [-0.15, -0.1) is 0 Å². The number of aromatic nitrogens is 2. The first-order chi connectivity index (χ1) is 11.7. The summed E-state index contributed by atoms with van der Waals surface area (Å²) in [6.07, 6.45) is 2.15. The molecule has 1 saturated heterocycles. The number of carbonyl (C=O) groups excluding carboxylic acids is 1. The highest BCUT2D eigenvalue weighted by molar-refractivity contribution is 5.75. The summed E-state index contributed by atoms with van der Waals surface area (Å²) < 4.78 is 22.1. The van der Waals surface area contributed by atoms with E-state index in [1.807, 2.05) is 5.48 Å². The number of nitrogens with one attached hydrogen (secondary N) is 1. The highest BCUT2D eigenvalue weighted by Gasteiger charge is 2.30. The van der Waals surface area contributed by atoms with Gasteiger partial charge in [0.1, 0.15) is 12.8 Å². The third kappa shape index (κ3) is 6.40. The molecule has 1 aliphatic rings. The number of ether oxygens (including phenoxy) is 2. The van der Waals surface area contributed by atoms with Gasteiger partial charge in [-0.1, -0.05) is 0 Å². The highest BCUT2D eigenvalue weighted by Crippen LogP contribution is 2.28. The molecule has 2 rings (SSSR count). The molecule has 0 saturated carbocycles. The van der Waals surface area contributed by atoms with Gasteiger partial charge in [-0.05, 0) is 44.2 Å². The van der Waals surface area contributed by atoms with Gasteiger partial charge < -0.3 is 9.47 Å². The van der Waals surface area contributed by atoms with Crippen molar-refractivity contribution in [1.29, 1.82) is 0 Å². The molecule has 0 aromatic carbocycles. The van der Waals surface area contributed by atoms with E-state index in [1.165, 1.54) is 16.8 Å². The molecule has 1 fully saturated rings. The molecule has 0 amide bonds. The van der Waals surface area contributed by atoms with E-state index in [9.17, 15) is 14.1 Å². The van der Waals surface area contributed by atoms with Gasteiger partial charge in [0.15, 0.2) is 5.82 Å². The Morgan fingerprint density at radius 3 is 2.68 bits per heavy atom. The zero-order valence-electron chi connectivity index (χ0n) is 14.7. The maximum absolute atomic E-state index is 11.8. The van der Waals surface area contributed by atoms with Crippen LogP contribution >= 0.6 is 0 Å². The molecule has 0 radical (unpaired) electrons. The van der Waals surface area contributed by atoms with Crippen LogP contribution < -0.4 is 11.2 Å². The van der Waals surface area contributed by atoms with Crippen molar-refractivity contribution in [2.75, 3.05) is 19.2 Å². The van der Waals surface area contributed by atoms with Crippen molar-refractivity contribution in [3.8, 4) is 0 Å². The average Bonchev–Trinajstić information content (AvgIpc) is 3.00. The summed E-state index contributed by atoms with van der Waals surface area (Å²) >= 11 is 0. The maximum Gasteiger partial charge on any atom is 0.351 e. The number of halogens is 1. The molecule has 2 atom stereocenters. The van der Waals surface area contributed by atoms with E-state index in [4.69, 9.17) is 14.7 Å². The molecule has 10 heteroatoms. The van der Waals surface area contributed by atoms with Gasteiger partial charge >= 0.3 is 11.7 Å². The van der Waals surface area contributed by atoms with Crippen molar-refractivity contribution in [2.24, 2.45) is 5.41 Å². The summed E-state index contributed by atoms with van der Waals surface area (Å²) in [6, 6.07) is 1.47. The number of hydrogen-bond donors (Lipinski definition) is 2. The van der Waals surface area contributed by atoms with E-state index in [1.54, 1.807) is 20.8 Å². The van der Waals surface area contributed by atoms with Crippen molar-refractivity contribution in [3.63, 3.8) is 0 Å². The van der Waals surface area contributed by atoms with Gasteiger partial charge in [-0.2, -0.15) is 9.93 Å². The Labute approximate surface area is 144 Å². The van der Waals surface area contributed by atoms with Crippen molar-refractivity contribution in [3.05, 3.63) is 22.7 Å². The molecule has 0 bridgehead atoms. The molecule has 0 aliphatic carbocycles. The van der Waals surface area contributed by atoms with Crippen LogP contribution in [0.25, 0.3) is 0 Å². The van der Waals surface area contributed by atoms with E-state index in [0.717, 1.165) is 7.11 Å². The third-order valence-electron chi connectivity index (χ3n) is 3.35. The predicted molar refractivity (Wildman–Crippen MR) is 85.6 cm³/mol. The Hall–Kier alpha value is -2.04. The minimum atomic E-state index is -0.550. The smallest absolute Gasteiger partial charge is 0.351 e. The van der Waals surface area contributed by atoms with Gasteiger partial charge in [0.25, 0.3) is 0 Å². The molecule has 2 N–H and O–H groups in total. The van der Waals surface area contributed by atoms with Gasteiger partial charge in [0.2, 0.25) is 0 Å². The number of nitrogens with zero attached hydrogens (tertiary/aromatic N) is 2. The summed E-state index contributed by atoms with van der Waals surface area (Å²) in [4.78, 5) is 29.9. The molecule has 1 aromatic rings. The van der Waals surface area contributed by atoms with E-state index < -0.39 is 17.3 Å². The summed E-state index contributed by atoms with van der Waals surface area (Å²) in [5.41, 5.74) is 0.752. The monoisotopic (exact) mass is 361 g/mol. The van der Waals surface area contributed by atoms with Crippen molar-refractivity contribution in [1.82, 2.24) is 9.55 Å². The van der Waals surface area contributed by atoms with Gasteiger partial charge in [0, 0.05) is 6.20 Å². The second kappa shape index (κ2) is 9.44. The molecule has 2 unspecified atom stereocenters. The van der Waals surface area contributed by atoms with Crippen LogP contribution in [0.2, 0.25) is 0 Å². The number of rotatable bonds is 4. The summed E-state index contributed by atoms with van der Waals surface area (Å²) in [7, 11) is 0.958. The molecule has 2 heterocycles. The SMILES string of the molecule is CC(C)(C)C(=O)OCC1CCC(n2ccc(NO)nc2=O)O1.COF. The third-order valence-corrected chi connectivity index (χ3v) is 3.35. The quantitative estimate of drug-likeness (QED) is 0.617.